The molecule has 0 bridgehead atoms. The normalized spacial score (nSPS) is 10.4. The number of hydrogen-bond acceptors (Lipinski definition) is 7. The molecule has 0 unspecified atom stereocenters. The van der Waals surface area contributed by atoms with Crippen molar-refractivity contribution >= 4 is 45.4 Å². The highest BCUT2D eigenvalue weighted by molar-refractivity contribution is 7.18. The first kappa shape index (κ1) is 18.0. The maximum Gasteiger partial charge on any atom is 0.210 e. The van der Waals surface area contributed by atoms with Crippen molar-refractivity contribution in [3.63, 3.8) is 0 Å². The molecular formula is C18H16ClN3O3S. The Hall–Kier alpha value is -2.77. The number of benzene rings is 2. The van der Waals surface area contributed by atoms with E-state index in [1.165, 1.54) is 7.11 Å². The Morgan fingerprint density at radius 3 is 2.62 bits per heavy atom. The molecule has 0 fully saturated rings. The second-order valence-corrected chi connectivity index (χ2v) is 6.67. The van der Waals surface area contributed by atoms with Gasteiger partial charge in [-0.3, -0.25) is 4.79 Å². The first-order valence-electron chi connectivity index (χ1n) is 7.58. The van der Waals surface area contributed by atoms with Crippen LogP contribution >= 0.6 is 22.9 Å². The fourth-order valence-electron chi connectivity index (χ4n) is 2.40. The van der Waals surface area contributed by atoms with Crippen molar-refractivity contribution in [3.05, 3.63) is 57.9 Å². The smallest absolute Gasteiger partial charge is 0.210 e. The van der Waals surface area contributed by atoms with Crippen LogP contribution in [0.2, 0.25) is 5.02 Å². The van der Waals surface area contributed by atoms with E-state index in [0.717, 1.165) is 11.3 Å². The lowest BCUT2D eigenvalue weighted by Gasteiger charge is -2.09. The maximum absolute atomic E-state index is 12.8. The number of hydrogen-bond donors (Lipinski definition) is 2. The van der Waals surface area contributed by atoms with Gasteiger partial charge in [0.1, 0.15) is 22.2 Å². The number of aromatic nitrogens is 1. The fraction of sp³-hybridized carbons (Fsp3) is 0.111. The molecule has 0 saturated heterocycles. The number of carbonyl (C=O) groups excluding carboxylic acids is 1. The van der Waals surface area contributed by atoms with Gasteiger partial charge in [0.2, 0.25) is 5.78 Å². The van der Waals surface area contributed by atoms with Gasteiger partial charge >= 0.3 is 0 Å². The van der Waals surface area contributed by atoms with Gasteiger partial charge in [0.15, 0.2) is 5.13 Å². The van der Waals surface area contributed by atoms with Gasteiger partial charge in [-0.25, -0.2) is 4.98 Å². The average Bonchev–Trinajstić information content (AvgIpc) is 3.01. The summed E-state index contributed by atoms with van der Waals surface area (Å²) >= 11 is 7.19. The van der Waals surface area contributed by atoms with Crippen LogP contribution < -0.4 is 20.5 Å². The second kappa shape index (κ2) is 7.63. The van der Waals surface area contributed by atoms with Gasteiger partial charge in [0, 0.05) is 5.02 Å². The SMILES string of the molecule is COc1ccc(Cl)cc1Nc1nc(N)c(C(=O)c2ccccc2OC)s1. The summed E-state index contributed by atoms with van der Waals surface area (Å²) in [5, 5.41) is 4.10. The summed E-state index contributed by atoms with van der Waals surface area (Å²) in [6.45, 7) is 0. The minimum Gasteiger partial charge on any atom is -0.496 e. The van der Waals surface area contributed by atoms with Crippen molar-refractivity contribution in [3.8, 4) is 11.5 Å². The molecule has 0 aliphatic rings. The molecule has 1 heterocycles. The van der Waals surface area contributed by atoms with E-state index in [4.69, 9.17) is 26.8 Å². The van der Waals surface area contributed by atoms with Gasteiger partial charge in [0.05, 0.1) is 25.5 Å². The number of ketones is 1. The summed E-state index contributed by atoms with van der Waals surface area (Å²) in [6.07, 6.45) is 0. The summed E-state index contributed by atoms with van der Waals surface area (Å²) < 4.78 is 10.5. The van der Waals surface area contributed by atoms with E-state index in [1.54, 1.807) is 49.6 Å². The van der Waals surface area contributed by atoms with E-state index in [0.29, 0.717) is 37.8 Å². The minimum atomic E-state index is -0.247. The maximum atomic E-state index is 12.8. The van der Waals surface area contributed by atoms with Crippen molar-refractivity contribution in [1.29, 1.82) is 0 Å². The summed E-state index contributed by atoms with van der Waals surface area (Å²) in [5.41, 5.74) is 7.02. The van der Waals surface area contributed by atoms with Crippen LogP contribution in [0, 0.1) is 0 Å². The monoisotopic (exact) mass is 389 g/mol. The number of carbonyl (C=O) groups is 1. The molecular weight excluding hydrogens is 374 g/mol. The van der Waals surface area contributed by atoms with Gasteiger partial charge in [-0.05, 0) is 30.3 Å². The van der Waals surface area contributed by atoms with Crippen LogP contribution in [-0.2, 0) is 0 Å². The molecule has 0 radical (unpaired) electrons. The van der Waals surface area contributed by atoms with Crippen molar-refractivity contribution in [1.82, 2.24) is 4.98 Å². The van der Waals surface area contributed by atoms with Gasteiger partial charge in [0.25, 0.3) is 0 Å². The molecule has 3 N–H and O–H groups in total. The predicted molar refractivity (Wildman–Crippen MR) is 104 cm³/mol. The fourth-order valence-corrected chi connectivity index (χ4v) is 3.42. The Bertz CT molecular complexity index is 959. The molecule has 0 aliphatic heterocycles. The summed E-state index contributed by atoms with van der Waals surface area (Å²) in [6, 6.07) is 12.1. The zero-order chi connectivity index (χ0) is 18.7. The number of thiazole rings is 1. The first-order valence-corrected chi connectivity index (χ1v) is 8.77. The molecule has 0 aliphatic carbocycles. The van der Waals surface area contributed by atoms with Crippen LogP contribution in [0.1, 0.15) is 15.2 Å². The molecule has 0 amide bonds. The number of nitrogens with one attached hydrogen (secondary N) is 1. The number of nitrogens with zero attached hydrogens (tertiary/aromatic N) is 1. The number of nitrogen functional groups attached to an aromatic ring is 1. The molecule has 0 spiro atoms. The topological polar surface area (TPSA) is 86.5 Å². The highest BCUT2D eigenvalue weighted by Crippen LogP contribution is 2.35. The van der Waals surface area contributed by atoms with Crippen LogP contribution in [0.15, 0.2) is 42.5 Å². The van der Waals surface area contributed by atoms with E-state index in [9.17, 15) is 4.79 Å². The van der Waals surface area contributed by atoms with E-state index in [1.807, 2.05) is 0 Å². The highest BCUT2D eigenvalue weighted by Gasteiger charge is 2.21. The average molecular weight is 390 g/mol. The molecule has 0 atom stereocenters. The third-order valence-corrected chi connectivity index (χ3v) is 4.83. The molecule has 8 heteroatoms. The van der Waals surface area contributed by atoms with Crippen LogP contribution in [0.5, 0.6) is 11.5 Å². The van der Waals surface area contributed by atoms with Gasteiger partial charge in [-0.2, -0.15) is 0 Å². The number of ether oxygens (including phenoxy) is 2. The molecule has 6 nitrogen and oxygen atoms in total. The summed E-state index contributed by atoms with van der Waals surface area (Å²) in [5.74, 6) is 0.982. The number of anilines is 3. The summed E-state index contributed by atoms with van der Waals surface area (Å²) in [7, 11) is 3.07. The predicted octanol–water partition coefficient (Wildman–Crippen LogP) is 4.37. The van der Waals surface area contributed by atoms with Crippen LogP contribution in [-0.4, -0.2) is 25.0 Å². The van der Waals surface area contributed by atoms with Gasteiger partial charge in [-0.15, -0.1) is 0 Å². The van der Waals surface area contributed by atoms with Crippen molar-refractivity contribution in [2.45, 2.75) is 0 Å². The molecule has 3 aromatic rings. The quantitative estimate of drug-likeness (QED) is 0.609. The zero-order valence-corrected chi connectivity index (χ0v) is 15.6. The largest absolute Gasteiger partial charge is 0.496 e. The Balaban J connectivity index is 1.93. The molecule has 0 saturated carbocycles. The Morgan fingerprint density at radius 2 is 1.88 bits per heavy atom. The molecule has 1 aromatic heterocycles. The molecule has 2 aromatic carbocycles. The lowest BCUT2D eigenvalue weighted by atomic mass is 10.1. The number of halogens is 1. The van der Waals surface area contributed by atoms with E-state index >= 15 is 0 Å². The number of nitrogens with two attached hydrogens (primary N) is 1. The van der Waals surface area contributed by atoms with E-state index in [2.05, 4.69) is 10.3 Å². The Morgan fingerprint density at radius 1 is 1.15 bits per heavy atom. The molecule has 3 rings (SSSR count). The zero-order valence-electron chi connectivity index (χ0n) is 14.1. The van der Waals surface area contributed by atoms with Crippen LogP contribution in [0.4, 0.5) is 16.6 Å². The van der Waals surface area contributed by atoms with E-state index < -0.39 is 0 Å². The third kappa shape index (κ3) is 3.58. The van der Waals surface area contributed by atoms with Crippen molar-refractivity contribution in [2.75, 3.05) is 25.3 Å². The first-order chi connectivity index (χ1) is 12.5. The molecule has 134 valence electrons. The molecule has 26 heavy (non-hydrogen) atoms. The Labute approximate surface area is 159 Å². The number of methoxy groups -OCH3 is 2. The van der Waals surface area contributed by atoms with Gasteiger partial charge < -0.3 is 20.5 Å². The minimum absolute atomic E-state index is 0.148. The van der Waals surface area contributed by atoms with Gasteiger partial charge in [-0.1, -0.05) is 35.1 Å². The van der Waals surface area contributed by atoms with Crippen LogP contribution in [0.25, 0.3) is 0 Å². The standard InChI is InChI=1S/C18H16ClN3O3S/c1-24-13-6-4-3-5-11(13)15(23)16-17(20)22-18(26-16)21-12-9-10(19)7-8-14(12)25-2/h3-9H,20H2,1-2H3,(H,21,22). The van der Waals surface area contributed by atoms with E-state index in [-0.39, 0.29) is 11.6 Å². The van der Waals surface area contributed by atoms with Crippen molar-refractivity contribution in [2.24, 2.45) is 0 Å². The Kier molecular flexibility index (Phi) is 5.29. The highest BCUT2D eigenvalue weighted by atomic mass is 35.5. The lowest BCUT2D eigenvalue weighted by molar-refractivity contribution is 0.104. The third-order valence-electron chi connectivity index (χ3n) is 3.61. The number of para-hydroxylation sites is 1. The summed E-state index contributed by atoms with van der Waals surface area (Å²) in [4.78, 5) is 17.4. The van der Waals surface area contributed by atoms with Crippen molar-refractivity contribution < 1.29 is 14.3 Å². The number of rotatable bonds is 6. The van der Waals surface area contributed by atoms with Crippen LogP contribution in [0.3, 0.4) is 0 Å². The second-order valence-electron chi connectivity index (χ2n) is 5.23. The lowest BCUT2D eigenvalue weighted by Crippen LogP contribution is -2.04.